The van der Waals surface area contributed by atoms with Gasteiger partial charge in [-0.1, -0.05) is 20.8 Å². The second kappa shape index (κ2) is 3.75. The van der Waals surface area contributed by atoms with Crippen molar-refractivity contribution in [2.24, 2.45) is 17.8 Å². The van der Waals surface area contributed by atoms with Gasteiger partial charge in [-0.15, -0.1) is 0 Å². The van der Waals surface area contributed by atoms with Crippen LogP contribution in [0.5, 0.6) is 0 Å². The molecule has 4 atom stereocenters. The first kappa shape index (κ1) is 10.0. The molecule has 12 heavy (non-hydrogen) atoms. The number of ether oxygens (including phenoxy) is 1. The smallest absolute Gasteiger partial charge is 0.0843 e. The molecule has 0 aromatic rings. The average molecular weight is 172 g/mol. The standard InChI is InChI=1S/C10H20O2/c1-6(2)10-7(3)8(4)12-9(10)5-11/h6-11H,5H2,1-4H3. The number of rotatable bonds is 2. The van der Waals surface area contributed by atoms with E-state index in [9.17, 15) is 0 Å². The summed E-state index contributed by atoms with van der Waals surface area (Å²) in [5.41, 5.74) is 0. The summed E-state index contributed by atoms with van der Waals surface area (Å²) in [7, 11) is 0. The zero-order valence-electron chi connectivity index (χ0n) is 8.45. The van der Waals surface area contributed by atoms with Gasteiger partial charge in [0.1, 0.15) is 0 Å². The Kier molecular flexibility index (Phi) is 3.13. The minimum Gasteiger partial charge on any atom is -0.394 e. The Labute approximate surface area is 74.9 Å². The van der Waals surface area contributed by atoms with Crippen LogP contribution in [0.25, 0.3) is 0 Å². The normalized spacial score (nSPS) is 42.5. The lowest BCUT2D eigenvalue weighted by atomic mass is 9.81. The molecule has 1 fully saturated rings. The fourth-order valence-corrected chi connectivity index (χ4v) is 2.34. The molecule has 1 rings (SSSR count). The molecule has 0 radical (unpaired) electrons. The molecule has 2 nitrogen and oxygen atoms in total. The molecule has 0 aromatic carbocycles. The molecule has 2 heteroatoms. The van der Waals surface area contributed by atoms with Crippen LogP contribution in [0.2, 0.25) is 0 Å². The highest BCUT2D eigenvalue weighted by molar-refractivity contribution is 4.87. The highest BCUT2D eigenvalue weighted by Gasteiger charge is 2.40. The van der Waals surface area contributed by atoms with Gasteiger partial charge in [-0.05, 0) is 24.7 Å². The summed E-state index contributed by atoms with van der Waals surface area (Å²) in [5, 5.41) is 9.10. The average Bonchev–Trinajstić information content (AvgIpc) is 2.28. The zero-order chi connectivity index (χ0) is 9.30. The van der Waals surface area contributed by atoms with Crippen molar-refractivity contribution in [2.75, 3.05) is 6.61 Å². The van der Waals surface area contributed by atoms with Gasteiger partial charge in [-0.3, -0.25) is 0 Å². The quantitative estimate of drug-likeness (QED) is 0.686. The Morgan fingerprint density at radius 1 is 1.33 bits per heavy atom. The van der Waals surface area contributed by atoms with E-state index in [0.717, 1.165) is 0 Å². The predicted octanol–water partition coefficient (Wildman–Crippen LogP) is 1.67. The van der Waals surface area contributed by atoms with E-state index in [1.54, 1.807) is 0 Å². The molecule has 1 aliphatic heterocycles. The van der Waals surface area contributed by atoms with Gasteiger partial charge in [0, 0.05) is 0 Å². The molecule has 1 N–H and O–H groups in total. The first-order chi connectivity index (χ1) is 5.57. The van der Waals surface area contributed by atoms with Gasteiger partial charge in [-0.25, -0.2) is 0 Å². The fraction of sp³-hybridized carbons (Fsp3) is 1.00. The van der Waals surface area contributed by atoms with Gasteiger partial charge in [0.15, 0.2) is 0 Å². The molecule has 0 amide bonds. The van der Waals surface area contributed by atoms with Crippen LogP contribution < -0.4 is 0 Å². The third-order valence-electron chi connectivity index (χ3n) is 3.12. The zero-order valence-corrected chi connectivity index (χ0v) is 8.45. The number of hydrogen-bond acceptors (Lipinski definition) is 2. The van der Waals surface area contributed by atoms with Crippen LogP contribution in [0.15, 0.2) is 0 Å². The van der Waals surface area contributed by atoms with E-state index in [4.69, 9.17) is 9.84 Å². The third-order valence-corrected chi connectivity index (χ3v) is 3.12. The molecule has 0 saturated carbocycles. The first-order valence-corrected chi connectivity index (χ1v) is 4.84. The fourth-order valence-electron chi connectivity index (χ4n) is 2.34. The summed E-state index contributed by atoms with van der Waals surface area (Å²) >= 11 is 0. The number of aliphatic hydroxyl groups is 1. The lowest BCUT2D eigenvalue weighted by Crippen LogP contribution is -2.27. The molecular weight excluding hydrogens is 152 g/mol. The molecule has 1 saturated heterocycles. The lowest BCUT2D eigenvalue weighted by Gasteiger charge is -2.23. The van der Waals surface area contributed by atoms with Gasteiger partial charge < -0.3 is 9.84 Å². The van der Waals surface area contributed by atoms with E-state index in [1.165, 1.54) is 0 Å². The Balaban J connectivity index is 2.66. The molecule has 0 aromatic heterocycles. The Morgan fingerprint density at radius 2 is 1.92 bits per heavy atom. The highest BCUT2D eigenvalue weighted by Crippen LogP contribution is 2.36. The van der Waals surface area contributed by atoms with Crippen LogP contribution in [0.3, 0.4) is 0 Å². The summed E-state index contributed by atoms with van der Waals surface area (Å²) in [6.07, 6.45) is 0.365. The molecule has 72 valence electrons. The molecular formula is C10H20O2. The number of hydrogen-bond donors (Lipinski definition) is 1. The Hall–Kier alpha value is -0.0800. The molecule has 1 aliphatic rings. The molecule has 0 bridgehead atoms. The Morgan fingerprint density at radius 3 is 2.25 bits per heavy atom. The van der Waals surface area contributed by atoms with Gasteiger partial charge in [-0.2, -0.15) is 0 Å². The topological polar surface area (TPSA) is 29.5 Å². The van der Waals surface area contributed by atoms with Gasteiger partial charge >= 0.3 is 0 Å². The van der Waals surface area contributed by atoms with Crippen molar-refractivity contribution < 1.29 is 9.84 Å². The SMILES string of the molecule is CC(C)C1C(CO)OC(C)C1C. The maximum atomic E-state index is 9.10. The first-order valence-electron chi connectivity index (χ1n) is 4.84. The van der Waals surface area contributed by atoms with E-state index in [0.29, 0.717) is 23.9 Å². The van der Waals surface area contributed by atoms with Crippen molar-refractivity contribution >= 4 is 0 Å². The second-order valence-electron chi connectivity index (χ2n) is 4.24. The summed E-state index contributed by atoms with van der Waals surface area (Å²) in [4.78, 5) is 0. The third kappa shape index (κ3) is 1.64. The van der Waals surface area contributed by atoms with Crippen molar-refractivity contribution in [3.8, 4) is 0 Å². The van der Waals surface area contributed by atoms with E-state index in [-0.39, 0.29) is 12.7 Å². The van der Waals surface area contributed by atoms with E-state index >= 15 is 0 Å². The van der Waals surface area contributed by atoms with E-state index in [1.807, 2.05) is 0 Å². The van der Waals surface area contributed by atoms with Crippen LogP contribution in [-0.2, 0) is 4.74 Å². The summed E-state index contributed by atoms with van der Waals surface area (Å²) in [6, 6.07) is 0. The minimum atomic E-state index is 0.0648. The maximum absolute atomic E-state index is 9.10. The van der Waals surface area contributed by atoms with Gasteiger partial charge in [0.2, 0.25) is 0 Å². The van der Waals surface area contributed by atoms with E-state index in [2.05, 4.69) is 27.7 Å². The van der Waals surface area contributed by atoms with Crippen molar-refractivity contribution in [2.45, 2.75) is 39.9 Å². The van der Waals surface area contributed by atoms with Crippen LogP contribution >= 0.6 is 0 Å². The van der Waals surface area contributed by atoms with Gasteiger partial charge in [0.25, 0.3) is 0 Å². The second-order valence-corrected chi connectivity index (χ2v) is 4.24. The van der Waals surface area contributed by atoms with Crippen LogP contribution in [0, 0.1) is 17.8 Å². The predicted molar refractivity (Wildman–Crippen MR) is 48.9 cm³/mol. The minimum absolute atomic E-state index is 0.0648. The Bertz CT molecular complexity index is 145. The molecule has 0 aliphatic carbocycles. The van der Waals surface area contributed by atoms with E-state index < -0.39 is 0 Å². The molecule has 4 unspecified atom stereocenters. The van der Waals surface area contributed by atoms with Crippen molar-refractivity contribution in [1.82, 2.24) is 0 Å². The van der Waals surface area contributed by atoms with Gasteiger partial charge in [0.05, 0.1) is 18.8 Å². The summed E-state index contributed by atoms with van der Waals surface area (Å²) in [5.74, 6) is 1.69. The van der Waals surface area contributed by atoms with Crippen molar-refractivity contribution in [1.29, 1.82) is 0 Å². The highest BCUT2D eigenvalue weighted by atomic mass is 16.5. The van der Waals surface area contributed by atoms with Crippen LogP contribution in [0.1, 0.15) is 27.7 Å². The summed E-state index contributed by atoms with van der Waals surface area (Å²) in [6.45, 7) is 8.87. The van der Waals surface area contributed by atoms with Crippen molar-refractivity contribution in [3.05, 3.63) is 0 Å². The largest absolute Gasteiger partial charge is 0.394 e. The van der Waals surface area contributed by atoms with Crippen LogP contribution in [-0.4, -0.2) is 23.9 Å². The lowest BCUT2D eigenvalue weighted by molar-refractivity contribution is -0.000302. The van der Waals surface area contributed by atoms with Crippen molar-refractivity contribution in [3.63, 3.8) is 0 Å². The monoisotopic (exact) mass is 172 g/mol. The number of aliphatic hydroxyl groups excluding tert-OH is 1. The van der Waals surface area contributed by atoms with Crippen LogP contribution in [0.4, 0.5) is 0 Å². The summed E-state index contributed by atoms with van der Waals surface area (Å²) < 4.78 is 5.65. The maximum Gasteiger partial charge on any atom is 0.0843 e. The molecule has 1 heterocycles. The molecule has 0 spiro atoms.